The zero-order chi connectivity index (χ0) is 12.2. The summed E-state index contributed by atoms with van der Waals surface area (Å²) in [6.07, 6.45) is 3.18. The van der Waals surface area contributed by atoms with Crippen LogP contribution in [0.2, 0.25) is 0 Å². The monoisotopic (exact) mass is 248 g/mol. The molecule has 1 aliphatic carbocycles. The highest BCUT2D eigenvalue weighted by Crippen LogP contribution is 2.43. The molecule has 0 radical (unpaired) electrons. The number of hydrogen-bond donors (Lipinski definition) is 2. The second kappa shape index (κ2) is 5.53. The maximum atomic E-state index is 11.3. The van der Waals surface area contributed by atoms with Gasteiger partial charge in [0.15, 0.2) is 0 Å². The molecule has 1 aliphatic rings. The number of carboxylic acid groups (broad SMARTS) is 2. The SMILES string of the molecule is O=C(O)C1CCCC(CCCCl)(C(=O)O)C1. The summed E-state index contributed by atoms with van der Waals surface area (Å²) < 4.78 is 0. The Bertz CT molecular complexity index is 279. The Kier molecular flexibility index (Phi) is 4.59. The third-order valence-corrected chi connectivity index (χ3v) is 3.70. The Labute approximate surface area is 99.6 Å². The number of carbonyl (C=O) groups is 2. The minimum atomic E-state index is -0.879. The average Bonchev–Trinajstić information content (AvgIpc) is 2.26. The lowest BCUT2D eigenvalue weighted by Crippen LogP contribution is -2.38. The van der Waals surface area contributed by atoms with Crippen molar-refractivity contribution >= 4 is 23.5 Å². The molecule has 0 spiro atoms. The fourth-order valence-corrected chi connectivity index (χ4v) is 2.64. The van der Waals surface area contributed by atoms with E-state index in [0.717, 1.165) is 0 Å². The summed E-state index contributed by atoms with van der Waals surface area (Å²) in [5.41, 5.74) is -0.865. The van der Waals surface area contributed by atoms with Crippen molar-refractivity contribution in [1.29, 1.82) is 0 Å². The van der Waals surface area contributed by atoms with Gasteiger partial charge in [0.05, 0.1) is 11.3 Å². The van der Waals surface area contributed by atoms with Gasteiger partial charge in [-0.05, 0) is 32.1 Å². The normalized spacial score (nSPS) is 29.9. The largest absolute Gasteiger partial charge is 0.481 e. The van der Waals surface area contributed by atoms with Gasteiger partial charge < -0.3 is 10.2 Å². The first-order valence-electron chi connectivity index (χ1n) is 5.54. The van der Waals surface area contributed by atoms with Crippen molar-refractivity contribution in [3.63, 3.8) is 0 Å². The molecule has 0 heterocycles. The molecule has 0 aromatic heterocycles. The highest BCUT2D eigenvalue weighted by atomic mass is 35.5. The summed E-state index contributed by atoms with van der Waals surface area (Å²) >= 11 is 5.58. The van der Waals surface area contributed by atoms with Gasteiger partial charge in [-0.1, -0.05) is 6.42 Å². The van der Waals surface area contributed by atoms with E-state index in [1.807, 2.05) is 0 Å². The molecule has 2 atom stereocenters. The molecule has 0 aromatic carbocycles. The van der Waals surface area contributed by atoms with Gasteiger partial charge in [-0.25, -0.2) is 0 Å². The van der Waals surface area contributed by atoms with Gasteiger partial charge in [-0.3, -0.25) is 9.59 Å². The first-order valence-corrected chi connectivity index (χ1v) is 6.07. The van der Waals surface area contributed by atoms with Crippen molar-refractivity contribution in [3.8, 4) is 0 Å². The highest BCUT2D eigenvalue weighted by molar-refractivity contribution is 6.17. The Morgan fingerprint density at radius 3 is 2.56 bits per heavy atom. The van der Waals surface area contributed by atoms with Crippen molar-refractivity contribution in [2.24, 2.45) is 11.3 Å². The van der Waals surface area contributed by atoms with Crippen LogP contribution in [0.4, 0.5) is 0 Å². The summed E-state index contributed by atoms with van der Waals surface area (Å²) in [4.78, 5) is 22.2. The molecule has 5 heteroatoms. The Hall–Kier alpha value is -0.770. The maximum Gasteiger partial charge on any atom is 0.309 e. The Morgan fingerprint density at radius 2 is 2.06 bits per heavy atom. The molecule has 16 heavy (non-hydrogen) atoms. The first-order chi connectivity index (χ1) is 7.52. The van der Waals surface area contributed by atoms with Crippen molar-refractivity contribution in [1.82, 2.24) is 0 Å². The highest BCUT2D eigenvalue weighted by Gasteiger charge is 2.44. The van der Waals surface area contributed by atoms with Crippen molar-refractivity contribution in [2.75, 3.05) is 5.88 Å². The van der Waals surface area contributed by atoms with Crippen LogP contribution in [0, 0.1) is 11.3 Å². The molecule has 1 rings (SSSR count). The van der Waals surface area contributed by atoms with E-state index >= 15 is 0 Å². The summed E-state index contributed by atoms with van der Waals surface area (Å²) in [6.45, 7) is 0. The molecule has 0 bridgehead atoms. The minimum absolute atomic E-state index is 0.245. The third kappa shape index (κ3) is 2.88. The minimum Gasteiger partial charge on any atom is -0.481 e. The summed E-state index contributed by atoms with van der Waals surface area (Å²) in [5.74, 6) is -1.84. The number of halogens is 1. The second-order valence-corrected chi connectivity index (χ2v) is 4.89. The van der Waals surface area contributed by atoms with Crippen LogP contribution < -0.4 is 0 Å². The van der Waals surface area contributed by atoms with Crippen LogP contribution in [0.25, 0.3) is 0 Å². The van der Waals surface area contributed by atoms with Crippen LogP contribution in [0.1, 0.15) is 38.5 Å². The third-order valence-electron chi connectivity index (χ3n) is 3.44. The average molecular weight is 249 g/mol. The fraction of sp³-hybridized carbons (Fsp3) is 0.818. The van der Waals surface area contributed by atoms with E-state index in [9.17, 15) is 14.7 Å². The predicted octanol–water partition coefficient (Wildman–Crippen LogP) is 2.35. The van der Waals surface area contributed by atoms with Crippen molar-refractivity contribution in [2.45, 2.75) is 38.5 Å². The molecule has 1 saturated carbocycles. The van der Waals surface area contributed by atoms with E-state index in [-0.39, 0.29) is 6.42 Å². The first kappa shape index (κ1) is 13.3. The molecule has 1 fully saturated rings. The summed E-state index contributed by atoms with van der Waals surface area (Å²) in [7, 11) is 0. The molecule has 2 N–H and O–H groups in total. The van der Waals surface area contributed by atoms with E-state index in [4.69, 9.17) is 16.7 Å². The summed E-state index contributed by atoms with van der Waals surface area (Å²) in [6, 6.07) is 0. The number of rotatable bonds is 5. The topological polar surface area (TPSA) is 74.6 Å². The number of aliphatic carboxylic acids is 2. The molecule has 2 unspecified atom stereocenters. The summed E-state index contributed by atoms with van der Waals surface area (Å²) in [5, 5.41) is 18.2. The maximum absolute atomic E-state index is 11.3. The van der Waals surface area contributed by atoms with Gasteiger partial charge in [0.2, 0.25) is 0 Å². The van der Waals surface area contributed by atoms with Crippen LogP contribution >= 0.6 is 11.6 Å². The van der Waals surface area contributed by atoms with Gasteiger partial charge in [0.1, 0.15) is 0 Å². The van der Waals surface area contributed by atoms with Gasteiger partial charge in [0.25, 0.3) is 0 Å². The smallest absolute Gasteiger partial charge is 0.309 e. The standard InChI is InChI=1S/C11H17ClO4/c12-6-2-5-11(10(15)16)4-1-3-8(7-11)9(13)14/h8H,1-7H2,(H,13,14)(H,15,16). The van der Waals surface area contributed by atoms with Gasteiger partial charge in [0, 0.05) is 5.88 Å². The van der Waals surface area contributed by atoms with Crippen LogP contribution in [0.5, 0.6) is 0 Å². The molecular weight excluding hydrogens is 232 g/mol. The predicted molar refractivity (Wildman–Crippen MR) is 59.6 cm³/mol. The molecule has 0 saturated heterocycles. The van der Waals surface area contributed by atoms with Crippen LogP contribution in [0.3, 0.4) is 0 Å². The number of carboxylic acids is 2. The number of hydrogen-bond acceptors (Lipinski definition) is 2. The van der Waals surface area contributed by atoms with Crippen molar-refractivity contribution < 1.29 is 19.8 Å². The lowest BCUT2D eigenvalue weighted by Gasteiger charge is -2.36. The van der Waals surface area contributed by atoms with E-state index in [0.29, 0.717) is 38.0 Å². The van der Waals surface area contributed by atoms with E-state index < -0.39 is 23.3 Å². The van der Waals surface area contributed by atoms with Gasteiger partial charge in [-0.2, -0.15) is 0 Å². The second-order valence-electron chi connectivity index (χ2n) is 4.51. The zero-order valence-electron chi connectivity index (χ0n) is 9.12. The molecule has 92 valence electrons. The molecule has 0 aromatic rings. The van der Waals surface area contributed by atoms with E-state index in [2.05, 4.69) is 0 Å². The molecule has 0 aliphatic heterocycles. The zero-order valence-corrected chi connectivity index (χ0v) is 9.87. The lowest BCUT2D eigenvalue weighted by molar-refractivity contribution is -0.156. The van der Waals surface area contributed by atoms with Crippen LogP contribution in [-0.4, -0.2) is 28.0 Å². The van der Waals surface area contributed by atoms with Gasteiger partial charge >= 0.3 is 11.9 Å². The van der Waals surface area contributed by atoms with Gasteiger partial charge in [-0.15, -0.1) is 11.6 Å². The fourth-order valence-electron chi connectivity index (χ4n) is 2.51. The van der Waals surface area contributed by atoms with Crippen LogP contribution in [0.15, 0.2) is 0 Å². The van der Waals surface area contributed by atoms with E-state index in [1.54, 1.807) is 0 Å². The number of alkyl halides is 1. The molecule has 0 amide bonds. The van der Waals surface area contributed by atoms with Crippen molar-refractivity contribution in [3.05, 3.63) is 0 Å². The Morgan fingerprint density at radius 1 is 1.38 bits per heavy atom. The quantitative estimate of drug-likeness (QED) is 0.733. The molecule has 4 nitrogen and oxygen atoms in total. The van der Waals surface area contributed by atoms with Crippen LogP contribution in [-0.2, 0) is 9.59 Å². The Balaban J connectivity index is 2.76. The van der Waals surface area contributed by atoms with E-state index in [1.165, 1.54) is 0 Å². The lowest BCUT2D eigenvalue weighted by atomic mass is 9.67. The molecular formula is C11H17ClO4.